The fraction of sp³-hybridized carbons (Fsp3) is 0.226. The molecule has 0 spiro atoms. The summed E-state index contributed by atoms with van der Waals surface area (Å²) in [6, 6.07) is 23.1. The highest BCUT2D eigenvalue weighted by Crippen LogP contribution is 2.42. The number of pyridine rings is 1. The Bertz CT molecular complexity index is 1530. The predicted octanol–water partition coefficient (Wildman–Crippen LogP) is 5.96. The van der Waals surface area contributed by atoms with Crippen LogP contribution in [0.1, 0.15) is 16.7 Å². The fourth-order valence-electron chi connectivity index (χ4n) is 4.98. The van der Waals surface area contributed by atoms with Gasteiger partial charge in [0.2, 0.25) is 5.88 Å². The number of anilines is 2. The molecule has 0 unspecified atom stereocenters. The number of ether oxygens (including phenoxy) is 4. The summed E-state index contributed by atoms with van der Waals surface area (Å²) in [4.78, 5) is 18.3. The van der Waals surface area contributed by atoms with Crippen LogP contribution < -0.4 is 24.4 Å². The van der Waals surface area contributed by atoms with E-state index in [1.54, 1.807) is 19.2 Å². The third kappa shape index (κ3) is 5.50. The number of amides is 1. The second-order valence-electron chi connectivity index (χ2n) is 9.60. The Kier molecular flexibility index (Phi) is 7.11. The first-order chi connectivity index (χ1) is 19.6. The van der Waals surface area contributed by atoms with E-state index in [0.717, 1.165) is 58.2 Å². The molecule has 0 atom stereocenters. The molecule has 1 amide bonds. The molecule has 2 aliphatic heterocycles. The van der Waals surface area contributed by atoms with Crippen molar-refractivity contribution in [2.45, 2.75) is 13.0 Å². The quantitative estimate of drug-likeness (QED) is 0.261. The predicted molar refractivity (Wildman–Crippen MR) is 151 cm³/mol. The smallest absolute Gasteiger partial charge is 0.409 e. The molecule has 2 N–H and O–H groups in total. The lowest BCUT2D eigenvalue weighted by molar-refractivity contribution is 0.122. The molecule has 1 saturated heterocycles. The normalized spacial score (nSPS) is 14.0. The standard InChI is InChI=1S/C31H29N3O6/c1-37-24-9-5-20(6-10-24)19-39-30-18-23(34-11-13-38-14-12-34)17-27(33-30)25-3-2-4-28-26(25)15-21-7-8-22(32-31(35)36)16-29(21)40-28/h2-10,16-18,32H,11-15,19H2,1H3,(H,35,36). The number of morpholine rings is 1. The van der Waals surface area contributed by atoms with Gasteiger partial charge >= 0.3 is 6.09 Å². The highest BCUT2D eigenvalue weighted by Gasteiger charge is 2.23. The Labute approximate surface area is 231 Å². The zero-order valence-corrected chi connectivity index (χ0v) is 22.1. The van der Waals surface area contributed by atoms with Crippen LogP contribution in [-0.2, 0) is 17.8 Å². The van der Waals surface area contributed by atoms with Crippen molar-refractivity contribution < 1.29 is 28.8 Å². The number of aromatic nitrogens is 1. The lowest BCUT2D eigenvalue weighted by Gasteiger charge is -2.29. The molecular weight excluding hydrogens is 510 g/mol. The van der Waals surface area contributed by atoms with Crippen molar-refractivity contribution in [3.63, 3.8) is 0 Å². The summed E-state index contributed by atoms with van der Waals surface area (Å²) >= 11 is 0. The maximum absolute atomic E-state index is 11.1. The number of hydrogen-bond donors (Lipinski definition) is 2. The Morgan fingerprint density at radius 2 is 1.85 bits per heavy atom. The molecule has 1 fully saturated rings. The number of rotatable bonds is 7. The van der Waals surface area contributed by atoms with Gasteiger partial charge in [0.05, 0.1) is 26.0 Å². The minimum absolute atomic E-state index is 0.374. The Morgan fingerprint density at radius 1 is 1.02 bits per heavy atom. The summed E-state index contributed by atoms with van der Waals surface area (Å²) in [5, 5.41) is 11.5. The molecule has 2 aliphatic rings. The average Bonchev–Trinajstić information content (AvgIpc) is 2.99. The zero-order valence-electron chi connectivity index (χ0n) is 22.1. The molecule has 3 heterocycles. The second kappa shape index (κ2) is 11.2. The topological polar surface area (TPSA) is 102 Å². The van der Waals surface area contributed by atoms with Gasteiger partial charge in [-0.25, -0.2) is 9.78 Å². The van der Waals surface area contributed by atoms with Gasteiger partial charge in [-0.05, 0) is 41.5 Å². The monoisotopic (exact) mass is 539 g/mol. The van der Waals surface area contributed by atoms with Gasteiger partial charge < -0.3 is 29.0 Å². The molecule has 6 rings (SSSR count). The molecule has 9 heteroatoms. The molecule has 9 nitrogen and oxygen atoms in total. The summed E-state index contributed by atoms with van der Waals surface area (Å²) in [6.45, 7) is 3.29. The number of carbonyl (C=O) groups is 1. The van der Waals surface area contributed by atoms with Crippen molar-refractivity contribution in [2.75, 3.05) is 43.6 Å². The van der Waals surface area contributed by atoms with E-state index >= 15 is 0 Å². The van der Waals surface area contributed by atoms with Gasteiger partial charge in [-0.3, -0.25) is 5.32 Å². The van der Waals surface area contributed by atoms with Crippen molar-refractivity contribution in [3.8, 4) is 34.4 Å². The van der Waals surface area contributed by atoms with Gasteiger partial charge in [-0.1, -0.05) is 30.3 Å². The number of methoxy groups -OCH3 is 1. The molecule has 0 bridgehead atoms. The van der Waals surface area contributed by atoms with E-state index in [9.17, 15) is 4.79 Å². The molecule has 3 aromatic carbocycles. The Hall–Kier alpha value is -4.76. The molecule has 4 aromatic rings. The summed E-state index contributed by atoms with van der Waals surface area (Å²) < 4.78 is 23.3. The van der Waals surface area contributed by atoms with Crippen LogP contribution >= 0.6 is 0 Å². The number of nitrogens with zero attached hydrogens (tertiary/aromatic N) is 2. The second-order valence-corrected chi connectivity index (χ2v) is 9.60. The summed E-state index contributed by atoms with van der Waals surface area (Å²) in [5.41, 5.74) is 6.24. The van der Waals surface area contributed by atoms with Crippen LogP contribution in [0, 0.1) is 0 Å². The van der Waals surface area contributed by atoms with Gasteiger partial charge in [-0.15, -0.1) is 0 Å². The van der Waals surface area contributed by atoms with E-state index < -0.39 is 6.09 Å². The first-order valence-corrected chi connectivity index (χ1v) is 13.1. The Balaban J connectivity index is 1.33. The highest BCUT2D eigenvalue weighted by atomic mass is 16.5. The SMILES string of the molecule is COc1ccc(COc2cc(N3CCOCC3)cc(-c3cccc4c3Cc3ccc(NC(=O)O)cc3O4)n2)cc1. The molecule has 0 aliphatic carbocycles. The van der Waals surface area contributed by atoms with E-state index in [-0.39, 0.29) is 0 Å². The van der Waals surface area contributed by atoms with E-state index in [1.165, 1.54) is 0 Å². The number of hydrogen-bond acceptors (Lipinski definition) is 7. The molecule has 0 saturated carbocycles. The van der Waals surface area contributed by atoms with Crippen LogP contribution in [0.4, 0.5) is 16.2 Å². The van der Waals surface area contributed by atoms with Gasteiger partial charge in [0.15, 0.2) is 0 Å². The molecule has 0 radical (unpaired) electrons. The summed E-state index contributed by atoms with van der Waals surface area (Å²) in [5.74, 6) is 2.69. The maximum atomic E-state index is 11.1. The molecule has 40 heavy (non-hydrogen) atoms. The Morgan fingerprint density at radius 3 is 2.62 bits per heavy atom. The van der Waals surface area contributed by atoms with Gasteiger partial charge in [-0.2, -0.15) is 0 Å². The van der Waals surface area contributed by atoms with Crippen LogP contribution in [0.5, 0.6) is 23.1 Å². The van der Waals surface area contributed by atoms with Crippen molar-refractivity contribution in [2.24, 2.45) is 0 Å². The minimum atomic E-state index is -1.12. The van der Waals surface area contributed by atoms with Crippen LogP contribution in [0.3, 0.4) is 0 Å². The van der Waals surface area contributed by atoms with E-state index in [2.05, 4.69) is 16.3 Å². The number of benzene rings is 3. The summed E-state index contributed by atoms with van der Waals surface area (Å²) in [7, 11) is 1.65. The largest absolute Gasteiger partial charge is 0.497 e. The first-order valence-electron chi connectivity index (χ1n) is 13.1. The molecule has 1 aromatic heterocycles. The van der Waals surface area contributed by atoms with Crippen LogP contribution in [0.25, 0.3) is 11.3 Å². The number of carboxylic acid groups (broad SMARTS) is 1. The zero-order chi connectivity index (χ0) is 27.5. The summed E-state index contributed by atoms with van der Waals surface area (Å²) in [6.07, 6.45) is -0.491. The van der Waals surface area contributed by atoms with Crippen molar-refractivity contribution in [3.05, 3.63) is 89.5 Å². The lowest BCUT2D eigenvalue weighted by atomic mass is 9.93. The van der Waals surface area contributed by atoms with E-state index in [4.69, 9.17) is 29.0 Å². The van der Waals surface area contributed by atoms with Gasteiger partial charge in [0.25, 0.3) is 0 Å². The van der Waals surface area contributed by atoms with Crippen LogP contribution in [-0.4, -0.2) is 49.6 Å². The molecular formula is C31H29N3O6. The maximum Gasteiger partial charge on any atom is 0.409 e. The van der Waals surface area contributed by atoms with Crippen LogP contribution in [0.2, 0.25) is 0 Å². The van der Waals surface area contributed by atoms with Crippen molar-refractivity contribution >= 4 is 17.5 Å². The van der Waals surface area contributed by atoms with Gasteiger partial charge in [0, 0.05) is 54.1 Å². The average molecular weight is 540 g/mol. The molecule has 204 valence electrons. The first kappa shape index (κ1) is 25.5. The van der Waals surface area contributed by atoms with Crippen molar-refractivity contribution in [1.29, 1.82) is 0 Å². The third-order valence-corrected chi connectivity index (χ3v) is 7.02. The van der Waals surface area contributed by atoms with E-state index in [1.807, 2.05) is 54.6 Å². The number of fused-ring (bicyclic) bond motifs is 2. The fourth-order valence-corrected chi connectivity index (χ4v) is 4.98. The highest BCUT2D eigenvalue weighted by molar-refractivity contribution is 5.83. The number of nitrogens with one attached hydrogen (secondary N) is 1. The lowest BCUT2D eigenvalue weighted by Crippen LogP contribution is -2.36. The van der Waals surface area contributed by atoms with Crippen LogP contribution in [0.15, 0.2) is 72.8 Å². The van der Waals surface area contributed by atoms with Gasteiger partial charge in [0.1, 0.15) is 23.9 Å². The van der Waals surface area contributed by atoms with E-state index in [0.29, 0.717) is 43.6 Å². The van der Waals surface area contributed by atoms with Crippen molar-refractivity contribution in [1.82, 2.24) is 4.98 Å². The third-order valence-electron chi connectivity index (χ3n) is 7.02. The minimum Gasteiger partial charge on any atom is -0.497 e.